The molecule has 0 bridgehead atoms. The molecular formula is C13H14N2O4. The van der Waals surface area contributed by atoms with E-state index in [0.717, 1.165) is 11.3 Å². The molecule has 1 N–H and O–H groups in total. The summed E-state index contributed by atoms with van der Waals surface area (Å²) < 4.78 is 4.97. The second-order valence-electron chi connectivity index (χ2n) is 4.67. The van der Waals surface area contributed by atoms with Crippen LogP contribution in [0, 0.1) is 0 Å². The van der Waals surface area contributed by atoms with E-state index in [2.05, 4.69) is 4.90 Å². The predicted octanol–water partition coefficient (Wildman–Crippen LogP) is 1.16. The molecule has 6 nitrogen and oxygen atoms in total. The van der Waals surface area contributed by atoms with Crippen molar-refractivity contribution in [3.63, 3.8) is 0 Å². The summed E-state index contributed by atoms with van der Waals surface area (Å²) >= 11 is 0. The maximum Gasteiger partial charge on any atom is 0.407 e. The normalized spacial score (nSPS) is 18.2. The number of anilines is 1. The molecule has 0 aliphatic carbocycles. The first-order valence-corrected chi connectivity index (χ1v) is 6.18. The maximum absolute atomic E-state index is 11.4. The van der Waals surface area contributed by atoms with E-state index in [1.807, 2.05) is 12.1 Å². The zero-order valence-corrected chi connectivity index (χ0v) is 10.3. The summed E-state index contributed by atoms with van der Waals surface area (Å²) in [6.45, 7) is 2.67. The molecule has 2 heterocycles. The smallest absolute Gasteiger partial charge is 0.407 e. The van der Waals surface area contributed by atoms with Crippen LogP contribution in [0.15, 0.2) is 18.2 Å². The van der Waals surface area contributed by atoms with Crippen LogP contribution in [0.1, 0.15) is 15.9 Å². The number of benzene rings is 1. The summed E-state index contributed by atoms with van der Waals surface area (Å²) in [5.74, 6) is -0.266. The number of carboxylic acid groups (broad SMARTS) is 1. The number of esters is 1. The topological polar surface area (TPSA) is 70.1 Å². The number of piperazine rings is 1. The Kier molecular flexibility index (Phi) is 2.77. The number of carbonyl (C=O) groups excluding carboxylic acids is 1. The van der Waals surface area contributed by atoms with Crippen LogP contribution in [0.3, 0.4) is 0 Å². The first kappa shape index (κ1) is 11.8. The predicted molar refractivity (Wildman–Crippen MR) is 67.4 cm³/mol. The first-order valence-electron chi connectivity index (χ1n) is 6.18. The Labute approximate surface area is 110 Å². The Balaban J connectivity index is 1.74. The van der Waals surface area contributed by atoms with Crippen LogP contribution < -0.4 is 4.90 Å². The van der Waals surface area contributed by atoms with Crippen molar-refractivity contribution in [2.75, 3.05) is 31.1 Å². The average molecular weight is 262 g/mol. The lowest BCUT2D eigenvalue weighted by atomic mass is 10.1. The number of amides is 1. The number of ether oxygens (including phenoxy) is 1. The summed E-state index contributed by atoms with van der Waals surface area (Å²) in [5, 5.41) is 8.90. The highest BCUT2D eigenvalue weighted by Crippen LogP contribution is 2.26. The Morgan fingerprint density at radius 2 is 1.95 bits per heavy atom. The standard InChI is InChI=1S/C13H14N2O4/c16-12-11-2-1-10(7-9(11)8-19-12)14-3-5-15(6-4-14)13(17)18/h1-2,7H,3-6,8H2,(H,17,18). The van der Waals surface area contributed by atoms with Gasteiger partial charge in [-0.15, -0.1) is 0 Å². The van der Waals surface area contributed by atoms with Gasteiger partial charge in [0.05, 0.1) is 5.56 Å². The minimum atomic E-state index is -0.868. The fourth-order valence-corrected chi connectivity index (χ4v) is 2.47. The minimum Gasteiger partial charge on any atom is -0.465 e. The van der Waals surface area contributed by atoms with E-state index < -0.39 is 6.09 Å². The molecule has 0 spiro atoms. The van der Waals surface area contributed by atoms with E-state index in [1.165, 1.54) is 4.90 Å². The molecule has 19 heavy (non-hydrogen) atoms. The van der Waals surface area contributed by atoms with E-state index in [9.17, 15) is 9.59 Å². The van der Waals surface area contributed by atoms with Gasteiger partial charge < -0.3 is 19.6 Å². The second kappa shape index (κ2) is 4.46. The highest BCUT2D eigenvalue weighted by Gasteiger charge is 2.24. The van der Waals surface area contributed by atoms with Gasteiger partial charge in [0.1, 0.15) is 6.61 Å². The number of rotatable bonds is 1. The molecule has 100 valence electrons. The molecule has 0 atom stereocenters. The van der Waals surface area contributed by atoms with Gasteiger partial charge in [0.15, 0.2) is 0 Å². The number of hydrogen-bond acceptors (Lipinski definition) is 4. The van der Waals surface area contributed by atoms with E-state index >= 15 is 0 Å². The fourth-order valence-electron chi connectivity index (χ4n) is 2.47. The van der Waals surface area contributed by atoms with Gasteiger partial charge in [-0.3, -0.25) is 0 Å². The Bertz CT molecular complexity index is 535. The van der Waals surface area contributed by atoms with E-state index in [-0.39, 0.29) is 5.97 Å². The third-order valence-electron chi connectivity index (χ3n) is 3.58. The van der Waals surface area contributed by atoms with Crippen molar-refractivity contribution in [1.29, 1.82) is 0 Å². The van der Waals surface area contributed by atoms with Crippen LogP contribution in [0.25, 0.3) is 0 Å². The molecule has 1 amide bonds. The van der Waals surface area contributed by atoms with Crippen LogP contribution in [0.4, 0.5) is 10.5 Å². The molecule has 0 unspecified atom stereocenters. The average Bonchev–Trinajstić information content (AvgIpc) is 2.80. The van der Waals surface area contributed by atoms with Gasteiger partial charge in [0.25, 0.3) is 0 Å². The van der Waals surface area contributed by atoms with Gasteiger partial charge in [-0.25, -0.2) is 9.59 Å². The molecule has 0 saturated carbocycles. The zero-order valence-electron chi connectivity index (χ0n) is 10.3. The summed E-state index contributed by atoms with van der Waals surface area (Å²) in [5.41, 5.74) is 2.55. The van der Waals surface area contributed by atoms with Crippen LogP contribution in [-0.2, 0) is 11.3 Å². The van der Waals surface area contributed by atoms with Gasteiger partial charge >= 0.3 is 12.1 Å². The lowest BCUT2D eigenvalue weighted by Gasteiger charge is -2.34. The molecule has 1 aromatic carbocycles. The van der Waals surface area contributed by atoms with Crippen molar-refractivity contribution < 1.29 is 19.4 Å². The van der Waals surface area contributed by atoms with Gasteiger partial charge in [0.2, 0.25) is 0 Å². The van der Waals surface area contributed by atoms with Crippen molar-refractivity contribution in [3.05, 3.63) is 29.3 Å². The Hall–Kier alpha value is -2.24. The van der Waals surface area contributed by atoms with E-state index in [1.54, 1.807) is 6.07 Å². The largest absolute Gasteiger partial charge is 0.465 e. The van der Waals surface area contributed by atoms with E-state index in [0.29, 0.717) is 38.3 Å². The fraction of sp³-hybridized carbons (Fsp3) is 0.385. The minimum absolute atomic E-state index is 0.266. The number of nitrogens with zero attached hydrogens (tertiary/aromatic N) is 2. The lowest BCUT2D eigenvalue weighted by molar-refractivity contribution is 0.0535. The highest BCUT2D eigenvalue weighted by molar-refractivity contribution is 5.93. The molecule has 2 aliphatic rings. The monoisotopic (exact) mass is 262 g/mol. The van der Waals surface area contributed by atoms with Crippen LogP contribution >= 0.6 is 0 Å². The molecule has 0 radical (unpaired) electrons. The summed E-state index contributed by atoms with van der Waals surface area (Å²) in [6.07, 6.45) is -0.868. The molecular weight excluding hydrogens is 248 g/mol. The summed E-state index contributed by atoms with van der Waals surface area (Å²) in [7, 11) is 0. The quantitative estimate of drug-likeness (QED) is 0.769. The van der Waals surface area contributed by atoms with Crippen molar-refractivity contribution >= 4 is 17.7 Å². The summed E-state index contributed by atoms with van der Waals surface area (Å²) in [4.78, 5) is 25.7. The molecule has 1 fully saturated rings. The van der Waals surface area contributed by atoms with Crippen molar-refractivity contribution in [1.82, 2.24) is 4.90 Å². The third kappa shape index (κ3) is 2.09. The molecule has 3 rings (SSSR count). The first-order chi connectivity index (χ1) is 9.15. The Morgan fingerprint density at radius 3 is 2.63 bits per heavy atom. The number of carbonyl (C=O) groups is 2. The van der Waals surface area contributed by atoms with Gasteiger partial charge in [-0.2, -0.15) is 0 Å². The SMILES string of the molecule is O=C1OCc2cc(N3CCN(C(=O)O)CC3)ccc21. The molecule has 1 saturated heterocycles. The van der Waals surface area contributed by atoms with Crippen LogP contribution in [0.5, 0.6) is 0 Å². The van der Waals surface area contributed by atoms with Crippen LogP contribution in [-0.4, -0.2) is 48.2 Å². The lowest BCUT2D eigenvalue weighted by Crippen LogP contribution is -2.48. The van der Waals surface area contributed by atoms with Gasteiger partial charge in [-0.05, 0) is 18.2 Å². The molecule has 2 aliphatic heterocycles. The van der Waals surface area contributed by atoms with Crippen molar-refractivity contribution in [3.8, 4) is 0 Å². The van der Waals surface area contributed by atoms with Gasteiger partial charge in [0, 0.05) is 37.4 Å². The number of hydrogen-bond donors (Lipinski definition) is 1. The maximum atomic E-state index is 11.4. The molecule has 0 aromatic heterocycles. The van der Waals surface area contributed by atoms with Gasteiger partial charge in [-0.1, -0.05) is 0 Å². The molecule has 6 heteroatoms. The number of fused-ring (bicyclic) bond motifs is 1. The van der Waals surface area contributed by atoms with Crippen molar-refractivity contribution in [2.24, 2.45) is 0 Å². The third-order valence-corrected chi connectivity index (χ3v) is 3.58. The summed E-state index contributed by atoms with van der Waals surface area (Å²) in [6, 6.07) is 5.63. The molecule has 1 aromatic rings. The second-order valence-corrected chi connectivity index (χ2v) is 4.67. The zero-order chi connectivity index (χ0) is 13.4. The van der Waals surface area contributed by atoms with E-state index in [4.69, 9.17) is 9.84 Å². The van der Waals surface area contributed by atoms with Crippen molar-refractivity contribution in [2.45, 2.75) is 6.61 Å². The Morgan fingerprint density at radius 1 is 1.21 bits per heavy atom. The highest BCUT2D eigenvalue weighted by atomic mass is 16.5. The number of cyclic esters (lactones) is 1. The van der Waals surface area contributed by atoms with Crippen LogP contribution in [0.2, 0.25) is 0 Å².